The van der Waals surface area contributed by atoms with Crippen LogP contribution in [-0.2, 0) is 17.6 Å². The van der Waals surface area contributed by atoms with Crippen molar-refractivity contribution < 1.29 is 4.79 Å². The van der Waals surface area contributed by atoms with E-state index in [-0.39, 0.29) is 5.91 Å². The average molecular weight is 292 g/mol. The highest BCUT2D eigenvalue weighted by atomic mass is 16.2. The second-order valence-corrected chi connectivity index (χ2v) is 5.33. The van der Waals surface area contributed by atoms with Gasteiger partial charge < -0.3 is 9.74 Å². The zero-order valence-electron chi connectivity index (χ0n) is 12.8. The van der Waals surface area contributed by atoms with Crippen molar-refractivity contribution in [1.82, 2.24) is 4.90 Å². The van der Waals surface area contributed by atoms with Gasteiger partial charge in [-0.15, -0.1) is 0 Å². The largest absolute Gasteiger partial charge is 0.339 e. The molecular formula is C19H20N2O. The summed E-state index contributed by atoms with van der Waals surface area (Å²) in [6.45, 7) is 7.94. The van der Waals surface area contributed by atoms with Crippen molar-refractivity contribution in [2.24, 2.45) is 0 Å². The molecule has 0 spiro atoms. The first kappa shape index (κ1) is 15.8. The molecule has 0 aliphatic carbocycles. The van der Waals surface area contributed by atoms with E-state index in [1.807, 2.05) is 48.5 Å². The lowest BCUT2D eigenvalue weighted by atomic mass is 10.1. The molecule has 22 heavy (non-hydrogen) atoms. The van der Waals surface area contributed by atoms with Gasteiger partial charge >= 0.3 is 11.9 Å². The first-order chi connectivity index (χ1) is 10.7. The summed E-state index contributed by atoms with van der Waals surface area (Å²) >= 11 is 0. The van der Waals surface area contributed by atoms with Crippen LogP contribution in [0.15, 0.2) is 60.7 Å². The van der Waals surface area contributed by atoms with Crippen LogP contribution in [0, 0.1) is 6.57 Å². The second kappa shape index (κ2) is 7.99. The van der Waals surface area contributed by atoms with Crippen molar-refractivity contribution >= 4 is 5.91 Å². The van der Waals surface area contributed by atoms with Crippen LogP contribution >= 0.6 is 0 Å². The van der Waals surface area contributed by atoms with E-state index in [0.29, 0.717) is 13.0 Å². The van der Waals surface area contributed by atoms with Crippen LogP contribution in [0.4, 0.5) is 0 Å². The van der Waals surface area contributed by atoms with Gasteiger partial charge in [0.25, 0.3) is 0 Å². The second-order valence-electron chi connectivity index (χ2n) is 5.33. The van der Waals surface area contributed by atoms with Crippen molar-refractivity contribution in [3.05, 3.63) is 83.2 Å². The molecule has 0 heterocycles. The molecule has 1 amide bonds. The first-order valence-corrected chi connectivity index (χ1v) is 7.40. The average Bonchev–Trinajstić information content (AvgIpc) is 2.58. The van der Waals surface area contributed by atoms with Gasteiger partial charge in [-0.1, -0.05) is 60.7 Å². The van der Waals surface area contributed by atoms with E-state index in [0.717, 1.165) is 12.0 Å². The maximum absolute atomic E-state index is 12.4. The Hall–Kier alpha value is -2.60. The molecule has 3 nitrogen and oxygen atoms in total. The molecule has 0 bridgehead atoms. The smallest absolute Gasteiger partial charge is 0.305 e. The maximum Gasteiger partial charge on any atom is 0.305 e. The summed E-state index contributed by atoms with van der Waals surface area (Å²) in [4.78, 5) is 17.6. The summed E-state index contributed by atoms with van der Waals surface area (Å²) in [6.07, 6.45) is 1.28. The van der Waals surface area contributed by atoms with E-state index in [4.69, 9.17) is 6.57 Å². The topological polar surface area (TPSA) is 24.7 Å². The summed E-state index contributed by atoms with van der Waals surface area (Å²) in [5.41, 5.74) is 2.22. The van der Waals surface area contributed by atoms with E-state index in [1.165, 1.54) is 5.56 Å². The molecule has 0 radical (unpaired) electrons. The monoisotopic (exact) mass is 292 g/mol. The summed E-state index contributed by atoms with van der Waals surface area (Å²) in [7, 11) is 1.77. The fourth-order valence-electron chi connectivity index (χ4n) is 2.33. The molecule has 2 aromatic rings. The normalized spacial score (nSPS) is 11.5. The predicted octanol–water partition coefficient (Wildman–Crippen LogP) is 3.22. The Kier molecular flexibility index (Phi) is 5.73. The van der Waals surface area contributed by atoms with E-state index in [9.17, 15) is 4.79 Å². The quantitative estimate of drug-likeness (QED) is 0.750. The van der Waals surface area contributed by atoms with Crippen molar-refractivity contribution in [1.29, 1.82) is 0 Å². The van der Waals surface area contributed by atoms with Gasteiger partial charge in [0.1, 0.15) is 0 Å². The van der Waals surface area contributed by atoms with Crippen LogP contribution in [0.1, 0.15) is 11.1 Å². The van der Waals surface area contributed by atoms with Gasteiger partial charge in [-0.25, -0.2) is 6.57 Å². The van der Waals surface area contributed by atoms with Gasteiger partial charge in [-0.3, -0.25) is 4.79 Å². The number of nitrogens with zero attached hydrogens (tertiary/aromatic N) is 2. The van der Waals surface area contributed by atoms with Crippen LogP contribution in [0.3, 0.4) is 0 Å². The molecule has 0 aromatic heterocycles. The Morgan fingerprint density at radius 1 is 1.05 bits per heavy atom. The van der Waals surface area contributed by atoms with E-state index < -0.39 is 6.04 Å². The highest BCUT2D eigenvalue weighted by molar-refractivity contribution is 5.83. The highest BCUT2D eigenvalue weighted by Crippen LogP contribution is 2.09. The third kappa shape index (κ3) is 4.46. The maximum atomic E-state index is 12.4. The van der Waals surface area contributed by atoms with Gasteiger partial charge in [0.2, 0.25) is 0 Å². The van der Waals surface area contributed by atoms with Crippen molar-refractivity contribution in [2.45, 2.75) is 18.9 Å². The van der Waals surface area contributed by atoms with Gasteiger partial charge in [0.05, 0.1) is 6.42 Å². The third-order valence-electron chi connectivity index (χ3n) is 3.67. The Labute approximate surface area is 132 Å². The van der Waals surface area contributed by atoms with Crippen LogP contribution in [-0.4, -0.2) is 30.4 Å². The first-order valence-electron chi connectivity index (χ1n) is 7.40. The van der Waals surface area contributed by atoms with Crippen LogP contribution in [0.25, 0.3) is 4.85 Å². The molecule has 0 unspecified atom stereocenters. The molecule has 2 aromatic carbocycles. The lowest BCUT2D eigenvalue weighted by Gasteiger charge is -2.18. The number of carbonyl (C=O) groups excluding carboxylic acids is 1. The van der Waals surface area contributed by atoms with Gasteiger partial charge in [-0.2, -0.15) is 0 Å². The molecule has 0 fully saturated rings. The lowest BCUT2D eigenvalue weighted by molar-refractivity contribution is -0.130. The minimum Gasteiger partial charge on any atom is -0.339 e. The minimum absolute atomic E-state index is 0.102. The van der Waals surface area contributed by atoms with E-state index in [1.54, 1.807) is 11.9 Å². The number of carbonyl (C=O) groups is 1. The van der Waals surface area contributed by atoms with Crippen LogP contribution in [0.5, 0.6) is 0 Å². The third-order valence-corrected chi connectivity index (χ3v) is 3.67. The summed E-state index contributed by atoms with van der Waals surface area (Å²) in [5, 5.41) is 0. The standard InChI is InChI=1S/C19H20N2O/c1-20-18(15-17-11-7-4-8-12-17)19(22)21(2)14-13-16-9-5-3-6-10-16/h3-12,18H,13-15H2,2H3/t18-/m1/s1. The lowest BCUT2D eigenvalue weighted by Crippen LogP contribution is -2.37. The van der Waals surface area contributed by atoms with E-state index in [2.05, 4.69) is 17.0 Å². The molecule has 0 aliphatic rings. The fourth-order valence-corrected chi connectivity index (χ4v) is 2.33. The zero-order valence-corrected chi connectivity index (χ0v) is 12.8. The Bertz CT molecular complexity index is 631. The zero-order chi connectivity index (χ0) is 15.8. The van der Waals surface area contributed by atoms with Crippen LogP contribution < -0.4 is 0 Å². The number of likely N-dealkylation sites (N-methyl/N-ethyl adjacent to an activating group) is 1. The minimum atomic E-state index is -0.636. The van der Waals surface area contributed by atoms with Gasteiger partial charge in [0, 0.05) is 13.6 Å². The Balaban J connectivity index is 1.92. The molecule has 112 valence electrons. The number of hydrogen-bond donors (Lipinski definition) is 0. The molecule has 3 heteroatoms. The van der Waals surface area contributed by atoms with Crippen molar-refractivity contribution in [3.63, 3.8) is 0 Å². The summed E-state index contributed by atoms with van der Waals surface area (Å²) in [5.74, 6) is -0.102. The molecule has 0 N–H and O–H groups in total. The van der Waals surface area contributed by atoms with Gasteiger partial charge in [0.15, 0.2) is 0 Å². The molecule has 2 rings (SSSR count). The number of amides is 1. The molecule has 1 atom stereocenters. The number of hydrogen-bond acceptors (Lipinski definition) is 1. The van der Waals surface area contributed by atoms with Crippen molar-refractivity contribution in [2.75, 3.05) is 13.6 Å². The Morgan fingerprint density at radius 2 is 1.59 bits per heavy atom. The van der Waals surface area contributed by atoms with Gasteiger partial charge in [-0.05, 0) is 17.5 Å². The number of rotatable bonds is 6. The van der Waals surface area contributed by atoms with E-state index >= 15 is 0 Å². The molecule has 0 aliphatic heterocycles. The van der Waals surface area contributed by atoms with Crippen molar-refractivity contribution in [3.8, 4) is 0 Å². The fraction of sp³-hybridized carbons (Fsp3) is 0.263. The Morgan fingerprint density at radius 3 is 2.14 bits per heavy atom. The SMILES string of the molecule is [C-]#[N+][C@H](Cc1ccccc1)C(=O)N(C)CCc1ccccc1. The predicted molar refractivity (Wildman–Crippen MR) is 88.3 cm³/mol. The molecule has 0 saturated carbocycles. The molecule has 0 saturated heterocycles. The highest BCUT2D eigenvalue weighted by Gasteiger charge is 2.26. The van der Waals surface area contributed by atoms with Crippen LogP contribution in [0.2, 0.25) is 0 Å². The number of benzene rings is 2. The molecular weight excluding hydrogens is 272 g/mol. The summed E-state index contributed by atoms with van der Waals surface area (Å²) < 4.78 is 0. The summed E-state index contributed by atoms with van der Waals surface area (Å²) in [6, 6.07) is 19.1.